The van der Waals surface area contributed by atoms with Crippen LogP contribution in [0.3, 0.4) is 0 Å². The van der Waals surface area contributed by atoms with Crippen LogP contribution in [-0.4, -0.2) is 35.9 Å². The first-order valence-electron chi connectivity index (χ1n) is 16.4. The topological polar surface area (TPSA) is 176 Å². The molecule has 0 saturated carbocycles. The zero-order valence-corrected chi connectivity index (χ0v) is 28.1. The minimum absolute atomic E-state index is 0.282. The number of esters is 1. The molecule has 0 amide bonds. The average molecular weight is 701 g/mol. The summed E-state index contributed by atoms with van der Waals surface area (Å²) in [6, 6.07) is 43.2. The van der Waals surface area contributed by atoms with Crippen molar-refractivity contribution in [2.75, 3.05) is 31.9 Å². The lowest BCUT2D eigenvalue weighted by molar-refractivity contribution is -0.128. The van der Waals surface area contributed by atoms with E-state index < -0.39 is 5.97 Å². The highest BCUT2D eigenvalue weighted by Crippen LogP contribution is 2.25. The van der Waals surface area contributed by atoms with Crippen LogP contribution in [0.5, 0.6) is 5.75 Å². The molecule has 5 aromatic carbocycles. The lowest BCUT2D eigenvalue weighted by Crippen LogP contribution is -2.08. The van der Waals surface area contributed by atoms with E-state index in [-0.39, 0.29) is 5.95 Å². The van der Waals surface area contributed by atoms with Gasteiger partial charge in [0.15, 0.2) is 0 Å². The van der Waals surface area contributed by atoms with Crippen LogP contribution in [0.25, 0.3) is 0 Å². The summed E-state index contributed by atoms with van der Waals surface area (Å²) in [6.07, 6.45) is 1.10. The number of aromatic nitrogens is 6. The highest BCUT2D eigenvalue weighted by Gasteiger charge is 2.11. The van der Waals surface area contributed by atoms with Gasteiger partial charge in [-0.15, -0.1) is 0 Å². The smallest absolute Gasteiger partial charge is 0.335 e. The van der Waals surface area contributed by atoms with Crippen LogP contribution in [0.4, 0.5) is 69.8 Å². The minimum Gasteiger partial charge on any atom is -0.423 e. The predicted octanol–water partition coefficient (Wildman–Crippen LogP) is 8.61. The Hall–Kier alpha value is -7.87. The van der Waals surface area contributed by atoms with Crippen molar-refractivity contribution in [3.05, 3.63) is 152 Å². The quantitative estimate of drug-likeness (QED) is 0.0361. The molecule has 260 valence electrons. The van der Waals surface area contributed by atoms with E-state index in [0.717, 1.165) is 34.5 Å². The van der Waals surface area contributed by atoms with Crippen LogP contribution in [-0.2, 0) is 4.79 Å². The normalized spacial score (nSPS) is 10.4. The fourth-order valence-electron chi connectivity index (χ4n) is 4.83. The SMILES string of the molecule is C=CC(=O)Oc1ccc(Nc2nc(Nc3ccccc3)nc(Nc3ccc(Nc4nc(Nc5ccccc5)nc(Nc5ccccc5)n4)cc3)n2)cc1. The zero-order chi connectivity index (χ0) is 36.2. The fourth-order valence-corrected chi connectivity index (χ4v) is 4.83. The molecule has 0 saturated heterocycles. The Bertz CT molecular complexity index is 2230. The van der Waals surface area contributed by atoms with E-state index in [1.807, 2.05) is 115 Å². The van der Waals surface area contributed by atoms with Crippen molar-refractivity contribution in [3.8, 4) is 5.75 Å². The van der Waals surface area contributed by atoms with Gasteiger partial charge in [-0.05, 0) is 84.9 Å². The number of carbonyl (C=O) groups is 1. The second-order valence-corrected chi connectivity index (χ2v) is 11.2. The first-order chi connectivity index (χ1) is 26.0. The summed E-state index contributed by atoms with van der Waals surface area (Å²) in [6.45, 7) is 3.42. The van der Waals surface area contributed by atoms with Gasteiger partial charge in [0.1, 0.15) is 5.75 Å². The molecule has 6 N–H and O–H groups in total. The van der Waals surface area contributed by atoms with Gasteiger partial charge in [-0.3, -0.25) is 0 Å². The standard InChI is InChI=1S/C39H32N12O2/c1-2-33(52)53-32-24-22-31(23-25-32)45-39-50-36(42-28-16-10-5-11-17-28)49-38(51-39)44-30-20-18-29(19-21-30)43-37-47-34(40-26-12-6-3-7-13-26)46-35(48-37)41-27-14-8-4-9-15-27/h2-25H,1H2,(H3,40,41,43,46,47,48)(H3,42,44,45,49,50,51). The Labute approximate surface area is 304 Å². The molecule has 53 heavy (non-hydrogen) atoms. The van der Waals surface area contributed by atoms with E-state index in [4.69, 9.17) is 4.74 Å². The lowest BCUT2D eigenvalue weighted by atomic mass is 10.3. The first-order valence-corrected chi connectivity index (χ1v) is 16.4. The third kappa shape index (κ3) is 9.64. The van der Waals surface area contributed by atoms with Crippen LogP contribution < -0.4 is 36.6 Å². The number of ether oxygens (including phenoxy) is 1. The molecular weight excluding hydrogens is 669 g/mol. The molecule has 7 rings (SSSR count). The zero-order valence-electron chi connectivity index (χ0n) is 28.1. The van der Waals surface area contributed by atoms with Crippen molar-refractivity contribution in [2.45, 2.75) is 0 Å². The lowest BCUT2D eigenvalue weighted by Gasteiger charge is -2.13. The molecular formula is C39H32N12O2. The number of hydrogen-bond acceptors (Lipinski definition) is 14. The number of anilines is 12. The van der Waals surface area contributed by atoms with Crippen molar-refractivity contribution in [1.82, 2.24) is 29.9 Å². The van der Waals surface area contributed by atoms with E-state index in [1.54, 1.807) is 24.3 Å². The third-order valence-electron chi connectivity index (χ3n) is 7.25. The number of nitrogens with zero attached hydrogens (tertiary/aromatic N) is 6. The van der Waals surface area contributed by atoms with E-state index in [9.17, 15) is 4.79 Å². The number of rotatable bonds is 14. The van der Waals surface area contributed by atoms with E-state index in [2.05, 4.69) is 68.4 Å². The summed E-state index contributed by atoms with van der Waals surface area (Å²) < 4.78 is 5.17. The minimum atomic E-state index is -0.541. The number of nitrogens with one attached hydrogen (secondary N) is 6. The van der Waals surface area contributed by atoms with Gasteiger partial charge < -0.3 is 36.6 Å². The van der Waals surface area contributed by atoms with Gasteiger partial charge in [0.05, 0.1) is 0 Å². The van der Waals surface area contributed by atoms with Crippen molar-refractivity contribution >= 4 is 75.8 Å². The molecule has 0 aliphatic carbocycles. The van der Waals surface area contributed by atoms with Gasteiger partial charge >= 0.3 is 5.97 Å². The van der Waals surface area contributed by atoms with E-state index in [1.165, 1.54) is 0 Å². The van der Waals surface area contributed by atoms with Gasteiger partial charge in [-0.25, -0.2) is 4.79 Å². The molecule has 7 aromatic rings. The molecule has 2 aromatic heterocycles. The van der Waals surface area contributed by atoms with Gasteiger partial charge in [-0.2, -0.15) is 29.9 Å². The van der Waals surface area contributed by atoms with Crippen molar-refractivity contribution < 1.29 is 9.53 Å². The van der Waals surface area contributed by atoms with Crippen LogP contribution in [0, 0.1) is 0 Å². The average Bonchev–Trinajstić information content (AvgIpc) is 3.17. The number of carbonyl (C=O) groups excluding carboxylic acids is 1. The third-order valence-corrected chi connectivity index (χ3v) is 7.25. The Balaban J connectivity index is 1.09. The summed E-state index contributed by atoms with van der Waals surface area (Å²) in [4.78, 5) is 39.1. The monoisotopic (exact) mass is 700 g/mol. The molecule has 0 unspecified atom stereocenters. The van der Waals surface area contributed by atoms with Gasteiger partial charge in [-0.1, -0.05) is 61.2 Å². The van der Waals surface area contributed by atoms with Crippen LogP contribution in [0.2, 0.25) is 0 Å². The largest absolute Gasteiger partial charge is 0.423 e. The van der Waals surface area contributed by atoms with Crippen LogP contribution in [0.1, 0.15) is 0 Å². The maximum absolute atomic E-state index is 11.6. The second-order valence-electron chi connectivity index (χ2n) is 11.2. The van der Waals surface area contributed by atoms with Crippen molar-refractivity contribution in [3.63, 3.8) is 0 Å². The Morgan fingerprint density at radius 2 is 0.642 bits per heavy atom. The molecule has 14 nitrogen and oxygen atoms in total. The van der Waals surface area contributed by atoms with Crippen LogP contribution >= 0.6 is 0 Å². The Morgan fingerprint density at radius 3 is 0.906 bits per heavy atom. The highest BCUT2D eigenvalue weighted by atomic mass is 16.5. The van der Waals surface area contributed by atoms with E-state index in [0.29, 0.717) is 41.2 Å². The molecule has 0 fully saturated rings. The molecule has 14 heteroatoms. The fraction of sp³-hybridized carbons (Fsp3) is 0. The summed E-state index contributed by atoms with van der Waals surface area (Å²) in [5.41, 5.74) is 4.62. The maximum Gasteiger partial charge on any atom is 0.335 e. The van der Waals surface area contributed by atoms with Crippen molar-refractivity contribution in [1.29, 1.82) is 0 Å². The molecule has 0 spiro atoms. The molecule has 0 aliphatic heterocycles. The number of hydrogen-bond donors (Lipinski definition) is 6. The Kier molecular flexibility index (Phi) is 10.3. The molecule has 0 aliphatic rings. The summed E-state index contributed by atoms with van der Waals surface area (Å²) >= 11 is 0. The summed E-state index contributed by atoms with van der Waals surface area (Å²) in [5.74, 6) is 1.82. The number of para-hydroxylation sites is 3. The molecule has 2 heterocycles. The summed E-state index contributed by atoms with van der Waals surface area (Å²) in [5, 5.41) is 19.4. The second kappa shape index (κ2) is 16.2. The van der Waals surface area contributed by atoms with Crippen LogP contribution in [0.15, 0.2) is 152 Å². The molecule has 0 bridgehead atoms. The number of benzene rings is 5. The van der Waals surface area contributed by atoms with Crippen molar-refractivity contribution in [2.24, 2.45) is 0 Å². The van der Waals surface area contributed by atoms with Gasteiger partial charge in [0.25, 0.3) is 0 Å². The van der Waals surface area contributed by atoms with E-state index >= 15 is 0 Å². The molecule has 0 atom stereocenters. The first kappa shape index (κ1) is 33.6. The highest BCUT2D eigenvalue weighted by molar-refractivity contribution is 5.83. The molecule has 0 radical (unpaired) electrons. The maximum atomic E-state index is 11.6. The predicted molar refractivity (Wildman–Crippen MR) is 207 cm³/mol. The van der Waals surface area contributed by atoms with Gasteiger partial charge in [0.2, 0.25) is 35.7 Å². The Morgan fingerprint density at radius 1 is 0.396 bits per heavy atom. The van der Waals surface area contributed by atoms with Gasteiger partial charge in [0, 0.05) is 40.2 Å². The summed E-state index contributed by atoms with van der Waals surface area (Å²) in [7, 11) is 0.